The zero-order chi connectivity index (χ0) is 25.2. The maximum Gasteiger partial charge on any atom is 0.264 e. The summed E-state index contributed by atoms with van der Waals surface area (Å²) in [5.74, 6) is -0.252. The van der Waals surface area contributed by atoms with Gasteiger partial charge < -0.3 is 15.0 Å². The van der Waals surface area contributed by atoms with E-state index in [-0.39, 0.29) is 29.0 Å². The van der Waals surface area contributed by atoms with E-state index in [0.29, 0.717) is 23.5 Å². The first-order valence-electron chi connectivity index (χ1n) is 11.1. The molecule has 0 fully saturated rings. The molecule has 0 radical (unpaired) electrons. The first-order valence-corrected chi connectivity index (χ1v) is 12.6. The minimum atomic E-state index is -3.88. The normalized spacial score (nSPS) is 14.8. The predicted molar refractivity (Wildman–Crippen MR) is 134 cm³/mol. The molecule has 0 bridgehead atoms. The van der Waals surface area contributed by atoms with Crippen molar-refractivity contribution in [2.45, 2.75) is 24.3 Å². The number of para-hydroxylation sites is 1. The summed E-state index contributed by atoms with van der Waals surface area (Å²) >= 11 is 0. The van der Waals surface area contributed by atoms with Crippen LogP contribution >= 0.6 is 0 Å². The molecule has 2 amide bonds. The van der Waals surface area contributed by atoms with Gasteiger partial charge in [-0.2, -0.15) is 0 Å². The van der Waals surface area contributed by atoms with Gasteiger partial charge in [0.1, 0.15) is 5.75 Å². The molecule has 0 aromatic heterocycles. The highest BCUT2D eigenvalue weighted by Gasteiger charge is 2.36. The fourth-order valence-electron chi connectivity index (χ4n) is 4.22. The average molecular weight is 494 g/mol. The van der Waals surface area contributed by atoms with Gasteiger partial charge in [-0.05, 0) is 55.3 Å². The minimum Gasteiger partial charge on any atom is -0.497 e. The number of carbonyl (C=O) groups is 2. The summed E-state index contributed by atoms with van der Waals surface area (Å²) < 4.78 is 33.6. The van der Waals surface area contributed by atoms with Crippen LogP contribution in [-0.4, -0.2) is 51.9 Å². The lowest BCUT2D eigenvalue weighted by molar-refractivity contribution is -0.116. The molecule has 35 heavy (non-hydrogen) atoms. The van der Waals surface area contributed by atoms with Gasteiger partial charge >= 0.3 is 0 Å². The van der Waals surface area contributed by atoms with Crippen molar-refractivity contribution >= 4 is 33.2 Å². The largest absolute Gasteiger partial charge is 0.497 e. The number of ether oxygens (including phenoxy) is 1. The van der Waals surface area contributed by atoms with E-state index in [0.717, 1.165) is 5.56 Å². The van der Waals surface area contributed by atoms with E-state index >= 15 is 0 Å². The smallest absolute Gasteiger partial charge is 0.264 e. The lowest BCUT2D eigenvalue weighted by Gasteiger charge is -2.25. The Hall–Kier alpha value is -3.85. The minimum absolute atomic E-state index is 0.0288. The number of methoxy groups -OCH3 is 1. The van der Waals surface area contributed by atoms with Crippen molar-refractivity contribution in [3.05, 3.63) is 83.9 Å². The molecule has 0 saturated heterocycles. The van der Waals surface area contributed by atoms with Crippen molar-refractivity contribution in [2.75, 3.05) is 30.3 Å². The van der Waals surface area contributed by atoms with Crippen molar-refractivity contribution in [3.8, 4) is 5.75 Å². The highest BCUT2D eigenvalue weighted by atomic mass is 32.2. The SMILES string of the molecule is COc1cccc(NC(=O)CN(C)C(=O)c2cccc(S(=O)(=O)N3c4ccccc4C[C@@H]3C)c2)c1. The topological polar surface area (TPSA) is 96.0 Å². The Morgan fingerprint density at radius 2 is 1.80 bits per heavy atom. The van der Waals surface area contributed by atoms with Crippen molar-refractivity contribution in [1.29, 1.82) is 0 Å². The number of benzene rings is 3. The lowest BCUT2D eigenvalue weighted by atomic mass is 10.1. The number of hydrogen-bond donors (Lipinski definition) is 1. The third-order valence-corrected chi connectivity index (χ3v) is 7.79. The third kappa shape index (κ3) is 5.00. The van der Waals surface area contributed by atoms with Crippen molar-refractivity contribution in [1.82, 2.24) is 4.90 Å². The molecule has 1 aliphatic heterocycles. The first kappa shape index (κ1) is 24.3. The van der Waals surface area contributed by atoms with Gasteiger partial charge in [0.2, 0.25) is 5.91 Å². The van der Waals surface area contributed by atoms with Crippen LogP contribution in [0.4, 0.5) is 11.4 Å². The number of rotatable bonds is 7. The van der Waals surface area contributed by atoms with E-state index in [2.05, 4.69) is 5.32 Å². The van der Waals surface area contributed by atoms with E-state index in [1.165, 1.54) is 41.6 Å². The van der Waals surface area contributed by atoms with E-state index < -0.39 is 15.9 Å². The van der Waals surface area contributed by atoms with E-state index in [1.54, 1.807) is 36.4 Å². The Kier molecular flexibility index (Phi) is 6.79. The number of fused-ring (bicyclic) bond motifs is 1. The summed E-state index contributed by atoms with van der Waals surface area (Å²) in [6.07, 6.45) is 0.624. The molecular weight excluding hydrogens is 466 g/mol. The molecular formula is C26H27N3O5S. The Morgan fingerprint density at radius 3 is 2.57 bits per heavy atom. The second-order valence-electron chi connectivity index (χ2n) is 8.45. The number of sulfonamides is 1. The number of carbonyl (C=O) groups excluding carboxylic acids is 2. The van der Waals surface area contributed by atoms with Crippen LogP contribution < -0.4 is 14.4 Å². The summed E-state index contributed by atoms with van der Waals surface area (Å²) in [6.45, 7) is 1.66. The first-order chi connectivity index (χ1) is 16.7. The van der Waals surface area contributed by atoms with Gasteiger partial charge in [0.05, 0.1) is 24.2 Å². The standard InChI is InChI=1S/C26H27N3O5S/c1-18-14-19-8-4-5-13-24(19)29(18)35(32,33)23-12-6-9-20(15-23)26(31)28(2)17-25(30)27-21-10-7-11-22(16-21)34-3/h4-13,15-16,18H,14,17H2,1-3H3,(H,27,30)/t18-/m0/s1. The van der Waals surface area contributed by atoms with Crippen LogP contribution in [0.25, 0.3) is 0 Å². The molecule has 9 heteroatoms. The summed E-state index contributed by atoms with van der Waals surface area (Å²) in [5.41, 5.74) is 2.35. The molecule has 0 aliphatic carbocycles. The van der Waals surface area contributed by atoms with E-state index in [1.807, 2.05) is 25.1 Å². The summed E-state index contributed by atoms with van der Waals surface area (Å²) in [4.78, 5) is 26.8. The Balaban J connectivity index is 1.50. The van der Waals surface area contributed by atoms with Crippen LogP contribution in [0, 0.1) is 0 Å². The molecule has 1 atom stereocenters. The third-order valence-electron chi connectivity index (χ3n) is 5.86. The van der Waals surface area contributed by atoms with Crippen LogP contribution in [0.1, 0.15) is 22.8 Å². The van der Waals surface area contributed by atoms with E-state index in [9.17, 15) is 18.0 Å². The van der Waals surface area contributed by atoms with E-state index in [4.69, 9.17) is 4.74 Å². The van der Waals surface area contributed by atoms with Crippen LogP contribution in [0.2, 0.25) is 0 Å². The molecule has 0 spiro atoms. The monoisotopic (exact) mass is 493 g/mol. The summed E-state index contributed by atoms with van der Waals surface area (Å²) in [7, 11) is -0.856. The number of anilines is 2. The molecule has 1 N–H and O–H groups in total. The molecule has 3 aromatic rings. The summed E-state index contributed by atoms with van der Waals surface area (Å²) in [5, 5.41) is 2.73. The highest BCUT2D eigenvalue weighted by Crippen LogP contribution is 2.36. The highest BCUT2D eigenvalue weighted by molar-refractivity contribution is 7.92. The molecule has 4 rings (SSSR count). The van der Waals surface area contributed by atoms with Crippen LogP contribution in [0.3, 0.4) is 0 Å². The van der Waals surface area contributed by atoms with Gasteiger partial charge in [-0.15, -0.1) is 0 Å². The molecule has 1 aliphatic rings. The van der Waals surface area contributed by atoms with Gasteiger partial charge in [0.25, 0.3) is 15.9 Å². The molecule has 182 valence electrons. The van der Waals surface area contributed by atoms with Gasteiger partial charge in [0.15, 0.2) is 0 Å². The molecule has 0 saturated carbocycles. The fourth-order valence-corrected chi connectivity index (χ4v) is 5.95. The lowest BCUT2D eigenvalue weighted by Crippen LogP contribution is -2.36. The molecule has 3 aromatic carbocycles. The zero-order valence-electron chi connectivity index (χ0n) is 19.8. The van der Waals surface area contributed by atoms with Crippen molar-refractivity contribution < 1.29 is 22.7 Å². The number of likely N-dealkylation sites (N-methyl/N-ethyl adjacent to an activating group) is 1. The quantitative estimate of drug-likeness (QED) is 0.543. The van der Waals surface area contributed by atoms with Crippen LogP contribution in [-0.2, 0) is 21.2 Å². The summed E-state index contributed by atoms with van der Waals surface area (Å²) in [6, 6.07) is 20.0. The van der Waals surface area contributed by atoms with Gasteiger partial charge in [-0.25, -0.2) is 8.42 Å². The number of hydrogen-bond acceptors (Lipinski definition) is 5. The Bertz CT molecular complexity index is 1370. The average Bonchev–Trinajstić information content (AvgIpc) is 3.20. The van der Waals surface area contributed by atoms with Gasteiger partial charge in [0, 0.05) is 30.4 Å². The maximum absolute atomic E-state index is 13.5. The van der Waals surface area contributed by atoms with Gasteiger partial charge in [-0.1, -0.05) is 30.3 Å². The van der Waals surface area contributed by atoms with Crippen LogP contribution in [0.5, 0.6) is 5.75 Å². The molecule has 1 heterocycles. The van der Waals surface area contributed by atoms with Gasteiger partial charge in [-0.3, -0.25) is 13.9 Å². The van der Waals surface area contributed by atoms with Crippen molar-refractivity contribution in [3.63, 3.8) is 0 Å². The fraction of sp³-hybridized carbons (Fsp3) is 0.231. The van der Waals surface area contributed by atoms with Crippen molar-refractivity contribution in [2.24, 2.45) is 0 Å². The zero-order valence-corrected chi connectivity index (χ0v) is 20.6. The molecule has 0 unspecified atom stereocenters. The molecule has 8 nitrogen and oxygen atoms in total. The predicted octanol–water partition coefficient (Wildman–Crippen LogP) is 3.55. The number of amides is 2. The van der Waals surface area contributed by atoms with Crippen LogP contribution in [0.15, 0.2) is 77.7 Å². The Labute approximate surface area is 205 Å². The maximum atomic E-state index is 13.5. The Morgan fingerprint density at radius 1 is 1.06 bits per heavy atom. The second-order valence-corrected chi connectivity index (χ2v) is 10.3. The number of nitrogens with zero attached hydrogens (tertiary/aromatic N) is 2. The second kappa shape index (κ2) is 9.79. The number of nitrogens with one attached hydrogen (secondary N) is 1.